The topological polar surface area (TPSA) is 93.1 Å². The van der Waals surface area contributed by atoms with Crippen molar-refractivity contribution in [1.82, 2.24) is 15.1 Å². The summed E-state index contributed by atoms with van der Waals surface area (Å²) in [6, 6.07) is 8.11. The predicted octanol–water partition coefficient (Wildman–Crippen LogP) is 2.49. The predicted molar refractivity (Wildman–Crippen MR) is 89.1 cm³/mol. The van der Waals surface area contributed by atoms with E-state index in [1.165, 1.54) is 0 Å². The van der Waals surface area contributed by atoms with Crippen LogP contribution in [0, 0.1) is 0 Å². The molecule has 142 valence electrons. The lowest BCUT2D eigenvalue weighted by molar-refractivity contribution is -0.139. The van der Waals surface area contributed by atoms with Gasteiger partial charge in [-0.1, -0.05) is 18.2 Å². The number of hydrogen-bond donors (Lipinski definition) is 2. The van der Waals surface area contributed by atoms with Crippen LogP contribution in [0.5, 0.6) is 0 Å². The molecule has 0 atom stereocenters. The number of hydrogen-bond acceptors (Lipinski definition) is 4. The molecule has 3 rings (SSSR count). The van der Waals surface area contributed by atoms with Gasteiger partial charge in [0.25, 0.3) is 5.56 Å². The Kier molecular flexibility index (Phi) is 4.98. The molecule has 0 spiro atoms. The largest absolute Gasteiger partial charge is 0.421 e. The number of aromatic nitrogens is 2. The number of nitrogens with zero attached hydrogens (tertiary/aromatic N) is 2. The van der Waals surface area contributed by atoms with E-state index in [2.05, 4.69) is 10.4 Å². The van der Waals surface area contributed by atoms with Gasteiger partial charge in [-0.25, -0.2) is 9.48 Å². The maximum atomic E-state index is 13.1. The van der Waals surface area contributed by atoms with Gasteiger partial charge in [0.1, 0.15) is 12.1 Å². The van der Waals surface area contributed by atoms with Crippen molar-refractivity contribution in [2.24, 2.45) is 0 Å². The van der Waals surface area contributed by atoms with E-state index in [4.69, 9.17) is 0 Å². The number of imide groups is 1. The van der Waals surface area contributed by atoms with Crippen LogP contribution >= 0.6 is 0 Å². The summed E-state index contributed by atoms with van der Waals surface area (Å²) in [5.74, 6) is -1.11. The van der Waals surface area contributed by atoms with E-state index in [1.54, 1.807) is 30.3 Å². The first kappa shape index (κ1) is 18.6. The molecule has 3 amide bonds. The number of halogens is 3. The second-order valence-corrected chi connectivity index (χ2v) is 6.09. The van der Waals surface area contributed by atoms with Gasteiger partial charge in [-0.05, 0) is 31.0 Å². The zero-order valence-electron chi connectivity index (χ0n) is 13.9. The molecule has 0 aliphatic heterocycles. The molecule has 1 aromatic heterocycles. The quantitative estimate of drug-likeness (QED) is 0.852. The van der Waals surface area contributed by atoms with E-state index in [1.807, 2.05) is 5.32 Å². The van der Waals surface area contributed by atoms with E-state index < -0.39 is 35.8 Å². The summed E-state index contributed by atoms with van der Waals surface area (Å²) in [5.41, 5.74) is -2.26. The van der Waals surface area contributed by atoms with E-state index in [0.717, 1.165) is 6.07 Å². The van der Waals surface area contributed by atoms with Crippen molar-refractivity contribution in [3.8, 4) is 0 Å². The number of benzene rings is 1. The lowest BCUT2D eigenvalue weighted by atomic mass is 10.2. The molecule has 1 fully saturated rings. The van der Waals surface area contributed by atoms with Gasteiger partial charge >= 0.3 is 12.2 Å². The molecule has 1 heterocycles. The lowest BCUT2D eigenvalue weighted by Gasteiger charge is -2.12. The van der Waals surface area contributed by atoms with Crippen molar-refractivity contribution < 1.29 is 22.8 Å². The number of alkyl halides is 3. The van der Waals surface area contributed by atoms with Crippen LogP contribution < -0.4 is 16.2 Å². The van der Waals surface area contributed by atoms with Crippen LogP contribution in [0.25, 0.3) is 0 Å². The molecule has 2 aromatic rings. The van der Waals surface area contributed by atoms with E-state index >= 15 is 0 Å². The second kappa shape index (κ2) is 7.22. The van der Waals surface area contributed by atoms with E-state index in [9.17, 15) is 27.6 Å². The average molecular weight is 380 g/mol. The minimum Gasteiger partial charge on any atom is -0.308 e. The number of carbonyl (C=O) groups is 2. The Balaban J connectivity index is 1.74. The standard InChI is InChI=1S/C17H15F3N4O3/c18-17(19,20)12-8-13(10-6-7-10)23-24(15(12)26)9-14(25)22-16(27)21-11-4-2-1-3-5-11/h1-5,8,10H,6-7,9H2,(H2,21,22,25,27). The minimum absolute atomic E-state index is 0.114. The van der Waals surface area contributed by atoms with Gasteiger partial charge in [0.2, 0.25) is 5.91 Å². The van der Waals surface area contributed by atoms with Crippen molar-refractivity contribution in [1.29, 1.82) is 0 Å². The van der Waals surface area contributed by atoms with Gasteiger partial charge in [0.05, 0.1) is 5.69 Å². The van der Waals surface area contributed by atoms with Gasteiger partial charge in [-0.15, -0.1) is 0 Å². The first-order valence-corrected chi connectivity index (χ1v) is 8.09. The molecule has 7 nitrogen and oxygen atoms in total. The zero-order valence-corrected chi connectivity index (χ0v) is 13.9. The van der Waals surface area contributed by atoms with Crippen molar-refractivity contribution in [3.63, 3.8) is 0 Å². The second-order valence-electron chi connectivity index (χ2n) is 6.09. The summed E-state index contributed by atoms with van der Waals surface area (Å²) in [7, 11) is 0. The van der Waals surface area contributed by atoms with E-state index in [0.29, 0.717) is 23.2 Å². The third kappa shape index (κ3) is 4.72. The first-order valence-electron chi connectivity index (χ1n) is 8.09. The monoisotopic (exact) mass is 380 g/mol. The Hall–Kier alpha value is -3.17. The fourth-order valence-electron chi connectivity index (χ4n) is 2.44. The number of para-hydroxylation sites is 1. The summed E-state index contributed by atoms with van der Waals surface area (Å²) in [4.78, 5) is 35.8. The first-order chi connectivity index (χ1) is 12.7. The van der Waals surface area contributed by atoms with Crippen LogP contribution in [0.1, 0.15) is 30.0 Å². The van der Waals surface area contributed by atoms with Gasteiger partial charge < -0.3 is 5.32 Å². The van der Waals surface area contributed by atoms with Gasteiger partial charge in [0.15, 0.2) is 0 Å². The molecule has 10 heteroatoms. The maximum Gasteiger partial charge on any atom is 0.421 e. The fourth-order valence-corrected chi connectivity index (χ4v) is 2.44. The maximum absolute atomic E-state index is 13.1. The summed E-state index contributed by atoms with van der Waals surface area (Å²) in [5, 5.41) is 8.20. The number of amides is 3. The van der Waals surface area contributed by atoms with Crippen LogP contribution in [0.2, 0.25) is 0 Å². The van der Waals surface area contributed by atoms with Crippen LogP contribution in [0.3, 0.4) is 0 Å². The highest BCUT2D eigenvalue weighted by Gasteiger charge is 2.37. The Bertz CT molecular complexity index is 921. The highest BCUT2D eigenvalue weighted by molar-refractivity contribution is 6.01. The van der Waals surface area contributed by atoms with Crippen LogP contribution in [-0.2, 0) is 17.5 Å². The lowest BCUT2D eigenvalue weighted by Crippen LogP contribution is -2.40. The molecular weight excluding hydrogens is 365 g/mol. The summed E-state index contributed by atoms with van der Waals surface area (Å²) in [6.45, 7) is -0.801. The Morgan fingerprint density at radius 2 is 1.85 bits per heavy atom. The summed E-state index contributed by atoms with van der Waals surface area (Å²) in [6.07, 6.45) is -3.51. The Morgan fingerprint density at radius 3 is 2.44 bits per heavy atom. The number of rotatable bonds is 4. The molecule has 1 aliphatic rings. The molecule has 0 bridgehead atoms. The number of urea groups is 1. The normalized spacial score (nSPS) is 13.9. The molecule has 2 N–H and O–H groups in total. The average Bonchev–Trinajstić information content (AvgIpc) is 3.41. The van der Waals surface area contributed by atoms with Gasteiger partial charge in [0, 0.05) is 11.6 Å². The molecule has 27 heavy (non-hydrogen) atoms. The molecule has 1 aliphatic carbocycles. The molecule has 0 unspecified atom stereocenters. The van der Waals surface area contributed by atoms with Gasteiger partial charge in [-0.3, -0.25) is 14.9 Å². The summed E-state index contributed by atoms with van der Waals surface area (Å²) < 4.78 is 39.7. The molecular formula is C17H15F3N4O3. The summed E-state index contributed by atoms with van der Waals surface area (Å²) >= 11 is 0. The van der Waals surface area contributed by atoms with Crippen molar-refractivity contribution >= 4 is 17.6 Å². The highest BCUT2D eigenvalue weighted by Crippen LogP contribution is 2.40. The Labute approximate surface area is 151 Å². The minimum atomic E-state index is -4.85. The van der Waals surface area contributed by atoms with Crippen molar-refractivity contribution in [2.75, 3.05) is 5.32 Å². The third-order valence-electron chi connectivity index (χ3n) is 3.87. The molecule has 1 saturated carbocycles. The fraction of sp³-hybridized carbons (Fsp3) is 0.294. The Morgan fingerprint density at radius 1 is 1.19 bits per heavy atom. The zero-order chi connectivity index (χ0) is 19.6. The van der Waals surface area contributed by atoms with Crippen LogP contribution in [-0.4, -0.2) is 21.7 Å². The van der Waals surface area contributed by atoms with E-state index in [-0.39, 0.29) is 11.6 Å². The number of anilines is 1. The SMILES string of the molecule is O=C(Cn1nc(C2CC2)cc(C(F)(F)F)c1=O)NC(=O)Nc1ccccc1. The highest BCUT2D eigenvalue weighted by atomic mass is 19.4. The molecule has 0 radical (unpaired) electrons. The van der Waals surface area contributed by atoms with Crippen molar-refractivity contribution in [2.45, 2.75) is 31.5 Å². The molecule has 1 aromatic carbocycles. The number of carbonyl (C=O) groups excluding carboxylic acids is 2. The van der Waals surface area contributed by atoms with Gasteiger partial charge in [-0.2, -0.15) is 18.3 Å². The van der Waals surface area contributed by atoms with Crippen LogP contribution in [0.4, 0.5) is 23.7 Å². The van der Waals surface area contributed by atoms with Crippen LogP contribution in [0.15, 0.2) is 41.2 Å². The molecule has 0 saturated heterocycles. The smallest absolute Gasteiger partial charge is 0.308 e. The number of nitrogens with one attached hydrogen (secondary N) is 2. The third-order valence-corrected chi connectivity index (χ3v) is 3.87. The van der Waals surface area contributed by atoms with Crippen molar-refractivity contribution in [3.05, 3.63) is 58.0 Å².